The van der Waals surface area contributed by atoms with Gasteiger partial charge in [0.1, 0.15) is 0 Å². The van der Waals surface area contributed by atoms with Crippen LogP contribution in [0.1, 0.15) is 103 Å². The molecule has 0 spiro atoms. The molecule has 2 saturated heterocycles. The molecule has 2 N–H and O–H groups in total. The first-order valence-corrected chi connectivity index (χ1v) is 19.9. The monoisotopic (exact) mass is 868 g/mol. The Balaban J connectivity index is 0.000000184. The molecule has 4 aliphatic heterocycles. The number of hydrogen-bond acceptors (Lipinski definition) is 7. The van der Waals surface area contributed by atoms with Crippen LogP contribution in [0.2, 0.25) is 0 Å². The maximum absolute atomic E-state index is 13.3. The van der Waals surface area contributed by atoms with Crippen LogP contribution in [0.4, 0.5) is 39.5 Å². The Morgan fingerprint density at radius 3 is 1.54 bits per heavy atom. The standard InChI is InChI=1S/C21H25F3N4O2.C20H20F6N4O/c1-30-13-27-9-8-16-18(12-27)25-26-19(16)20(29)28-10-6-14(7-11-28)15-4-2-3-5-17(15)21(22,23)24;21-19(22,23)11-29-9-14-16(10-29)27-28-17(14)18(31)30-7-5-12(6-8-30)13-3-1-2-4-15(13)20(24,25)26/h2-5,14H,6-13H2,1H3,(H,25,26);1-4,12H,5-11H2,(H,27,28). The fraction of sp³-hybridized carbons (Fsp3) is 0.512. The first-order valence-electron chi connectivity index (χ1n) is 19.9. The molecule has 6 heterocycles. The molecule has 0 atom stereocenters. The Hall–Kier alpha value is -4.95. The van der Waals surface area contributed by atoms with Crippen LogP contribution >= 0.6 is 0 Å². The summed E-state index contributed by atoms with van der Waals surface area (Å²) in [5.74, 6) is -1.08. The van der Waals surface area contributed by atoms with Crippen LogP contribution in [0, 0.1) is 0 Å². The van der Waals surface area contributed by atoms with E-state index in [2.05, 4.69) is 25.3 Å². The average Bonchev–Trinajstić information content (AvgIpc) is 3.94. The number of aromatic nitrogens is 4. The molecule has 0 radical (unpaired) electrons. The lowest BCUT2D eigenvalue weighted by atomic mass is 9.86. The zero-order valence-corrected chi connectivity index (χ0v) is 33.2. The molecule has 0 unspecified atom stereocenters. The molecule has 61 heavy (non-hydrogen) atoms. The Morgan fingerprint density at radius 1 is 0.639 bits per heavy atom. The van der Waals surface area contributed by atoms with Gasteiger partial charge in [0.2, 0.25) is 0 Å². The minimum Gasteiger partial charge on any atom is -0.369 e. The van der Waals surface area contributed by atoms with Crippen molar-refractivity contribution in [2.24, 2.45) is 0 Å². The van der Waals surface area contributed by atoms with E-state index in [-0.39, 0.29) is 55.2 Å². The fourth-order valence-electron chi connectivity index (χ4n) is 8.90. The number of likely N-dealkylation sites (tertiary alicyclic amines) is 2. The maximum Gasteiger partial charge on any atom is 0.416 e. The van der Waals surface area contributed by atoms with Gasteiger partial charge in [-0.05, 0) is 67.2 Å². The van der Waals surface area contributed by atoms with E-state index in [1.807, 2.05) is 0 Å². The second kappa shape index (κ2) is 17.8. The van der Waals surface area contributed by atoms with Gasteiger partial charge in [-0.25, -0.2) is 0 Å². The number of amides is 2. The van der Waals surface area contributed by atoms with Crippen molar-refractivity contribution in [1.29, 1.82) is 0 Å². The minimum atomic E-state index is -4.44. The van der Waals surface area contributed by atoms with Crippen molar-refractivity contribution in [2.45, 2.75) is 82.1 Å². The SMILES string of the molecule is COCN1CCc2c(C(=O)N3CCC(c4ccccc4C(F)(F)F)CC3)n[nH]c2C1.O=C(c1n[nH]c2c1CN(CC(F)(F)F)C2)N1CCC(c2ccccc2C(F)(F)F)CC1. The number of fused-ring (bicyclic) bond motifs is 2. The second-order valence-corrected chi connectivity index (χ2v) is 15.8. The van der Waals surface area contributed by atoms with Crippen LogP contribution in [0.3, 0.4) is 0 Å². The lowest BCUT2D eigenvalue weighted by molar-refractivity contribution is -0.147. The van der Waals surface area contributed by atoms with Gasteiger partial charge >= 0.3 is 18.5 Å². The van der Waals surface area contributed by atoms with Gasteiger partial charge in [0.15, 0.2) is 11.4 Å². The lowest BCUT2D eigenvalue weighted by Crippen LogP contribution is -2.39. The summed E-state index contributed by atoms with van der Waals surface area (Å²) in [7, 11) is 1.65. The van der Waals surface area contributed by atoms with Crippen molar-refractivity contribution in [1.82, 2.24) is 40.0 Å². The number of methoxy groups -OCH3 is 1. The lowest BCUT2D eigenvalue weighted by Gasteiger charge is -2.33. The Morgan fingerprint density at radius 2 is 1.08 bits per heavy atom. The molecule has 330 valence electrons. The molecule has 20 heteroatoms. The molecule has 2 fully saturated rings. The molecule has 11 nitrogen and oxygen atoms in total. The van der Waals surface area contributed by atoms with E-state index in [1.54, 1.807) is 30.2 Å². The van der Waals surface area contributed by atoms with Gasteiger partial charge in [-0.3, -0.25) is 29.6 Å². The molecule has 4 aromatic rings. The molecule has 2 aromatic heterocycles. The highest BCUT2D eigenvalue weighted by Gasteiger charge is 2.40. The van der Waals surface area contributed by atoms with Gasteiger partial charge < -0.3 is 14.5 Å². The first-order chi connectivity index (χ1) is 28.9. The highest BCUT2D eigenvalue weighted by atomic mass is 19.4. The van der Waals surface area contributed by atoms with Crippen LogP contribution in [-0.4, -0.2) is 111 Å². The topological polar surface area (TPSA) is 114 Å². The number of ether oxygens (including phenoxy) is 1. The fourth-order valence-corrected chi connectivity index (χ4v) is 8.90. The summed E-state index contributed by atoms with van der Waals surface area (Å²) in [6.45, 7) is 2.25. The summed E-state index contributed by atoms with van der Waals surface area (Å²) in [5, 5.41) is 13.9. The zero-order chi connectivity index (χ0) is 43.7. The smallest absolute Gasteiger partial charge is 0.369 e. The summed E-state index contributed by atoms with van der Waals surface area (Å²) < 4.78 is 123. The summed E-state index contributed by atoms with van der Waals surface area (Å²) >= 11 is 0. The van der Waals surface area contributed by atoms with E-state index >= 15 is 0 Å². The molecule has 0 saturated carbocycles. The van der Waals surface area contributed by atoms with E-state index in [4.69, 9.17) is 4.74 Å². The van der Waals surface area contributed by atoms with E-state index in [0.29, 0.717) is 81.0 Å². The van der Waals surface area contributed by atoms with Gasteiger partial charge in [-0.15, -0.1) is 0 Å². The van der Waals surface area contributed by atoms with Gasteiger partial charge in [0.05, 0.1) is 35.8 Å². The van der Waals surface area contributed by atoms with Gasteiger partial charge in [-0.2, -0.15) is 49.7 Å². The highest BCUT2D eigenvalue weighted by Crippen LogP contribution is 2.41. The summed E-state index contributed by atoms with van der Waals surface area (Å²) in [4.78, 5) is 32.5. The highest BCUT2D eigenvalue weighted by molar-refractivity contribution is 5.94. The van der Waals surface area contributed by atoms with Crippen molar-refractivity contribution in [3.05, 3.63) is 105 Å². The number of piperidine rings is 2. The molecular formula is C41H45F9N8O3. The number of nitrogens with one attached hydrogen (secondary N) is 2. The van der Waals surface area contributed by atoms with Crippen molar-refractivity contribution in [3.63, 3.8) is 0 Å². The Labute approximate surface area is 345 Å². The third-order valence-corrected chi connectivity index (χ3v) is 11.8. The van der Waals surface area contributed by atoms with E-state index in [1.165, 1.54) is 28.0 Å². The molecule has 2 amide bonds. The molecule has 4 aliphatic rings. The van der Waals surface area contributed by atoms with E-state index in [0.717, 1.165) is 29.9 Å². The van der Waals surface area contributed by atoms with Crippen molar-refractivity contribution in [3.8, 4) is 0 Å². The maximum atomic E-state index is 13.3. The summed E-state index contributed by atoms with van der Waals surface area (Å²) in [6.07, 6.45) is -10.7. The van der Waals surface area contributed by atoms with Crippen LogP contribution < -0.4 is 0 Å². The van der Waals surface area contributed by atoms with Crippen LogP contribution in [0.5, 0.6) is 0 Å². The number of rotatable bonds is 7. The van der Waals surface area contributed by atoms with Crippen LogP contribution in [0.25, 0.3) is 0 Å². The number of nitrogens with zero attached hydrogens (tertiary/aromatic N) is 6. The van der Waals surface area contributed by atoms with Crippen molar-refractivity contribution in [2.75, 3.05) is 53.1 Å². The predicted octanol–water partition coefficient (Wildman–Crippen LogP) is 7.74. The average molecular weight is 869 g/mol. The second-order valence-electron chi connectivity index (χ2n) is 15.8. The van der Waals surface area contributed by atoms with Crippen molar-refractivity contribution < 1.29 is 53.8 Å². The Kier molecular flexibility index (Phi) is 12.9. The van der Waals surface area contributed by atoms with Gasteiger partial charge in [-0.1, -0.05) is 36.4 Å². The number of alkyl halides is 9. The third-order valence-electron chi connectivity index (χ3n) is 11.8. The normalized spacial score (nSPS) is 18.5. The summed E-state index contributed by atoms with van der Waals surface area (Å²) in [6, 6.07) is 11.2. The molecular weight excluding hydrogens is 823 g/mol. The molecule has 0 aliphatic carbocycles. The zero-order valence-electron chi connectivity index (χ0n) is 33.2. The molecule has 0 bridgehead atoms. The van der Waals surface area contributed by atoms with E-state index in [9.17, 15) is 49.1 Å². The number of hydrogen-bond donors (Lipinski definition) is 2. The number of benzene rings is 2. The largest absolute Gasteiger partial charge is 0.416 e. The number of aromatic amines is 2. The quantitative estimate of drug-likeness (QED) is 0.183. The third kappa shape index (κ3) is 10.1. The van der Waals surface area contributed by atoms with Crippen LogP contribution in [0.15, 0.2) is 48.5 Å². The minimum absolute atomic E-state index is 0.0260. The predicted molar refractivity (Wildman–Crippen MR) is 202 cm³/mol. The number of carbonyl (C=O) groups excluding carboxylic acids is 2. The number of carbonyl (C=O) groups is 2. The molecule has 8 rings (SSSR count). The summed E-state index contributed by atoms with van der Waals surface area (Å²) in [5.41, 5.74) is 2.67. The van der Waals surface area contributed by atoms with Gasteiger partial charge in [0.25, 0.3) is 11.8 Å². The number of H-pyrrole nitrogens is 2. The van der Waals surface area contributed by atoms with Gasteiger partial charge in [0, 0.05) is 70.6 Å². The van der Waals surface area contributed by atoms with Crippen molar-refractivity contribution >= 4 is 11.8 Å². The Bertz CT molecular complexity index is 2170. The number of halogens is 9. The first kappa shape index (κ1) is 44.1. The van der Waals surface area contributed by atoms with E-state index < -0.39 is 42.1 Å². The van der Waals surface area contributed by atoms with Crippen LogP contribution in [-0.2, 0) is 43.1 Å². The molecule has 2 aromatic carbocycles.